The SMILES string of the molecule is COC(=O)Cc1ccnc(C(F)(F)F)c1N. The molecule has 0 saturated heterocycles. The van der Waals surface area contributed by atoms with Crippen LogP contribution < -0.4 is 5.73 Å². The molecule has 1 rings (SSSR count). The minimum Gasteiger partial charge on any atom is -0.469 e. The van der Waals surface area contributed by atoms with Gasteiger partial charge in [0.25, 0.3) is 0 Å². The van der Waals surface area contributed by atoms with E-state index in [1.54, 1.807) is 0 Å². The van der Waals surface area contributed by atoms with Crippen LogP contribution in [0.15, 0.2) is 12.3 Å². The Balaban J connectivity index is 3.09. The van der Waals surface area contributed by atoms with Gasteiger partial charge in [-0.2, -0.15) is 13.2 Å². The lowest BCUT2D eigenvalue weighted by molar-refractivity contribution is -0.141. The summed E-state index contributed by atoms with van der Waals surface area (Å²) >= 11 is 0. The Hall–Kier alpha value is -1.79. The molecule has 0 aromatic carbocycles. The van der Waals surface area contributed by atoms with Crippen molar-refractivity contribution in [1.29, 1.82) is 0 Å². The van der Waals surface area contributed by atoms with Crippen LogP contribution in [0.1, 0.15) is 11.3 Å². The van der Waals surface area contributed by atoms with Crippen LogP contribution in [0.5, 0.6) is 0 Å². The van der Waals surface area contributed by atoms with Gasteiger partial charge in [0.15, 0.2) is 5.69 Å². The average molecular weight is 234 g/mol. The van der Waals surface area contributed by atoms with E-state index in [0.29, 0.717) is 0 Å². The molecule has 0 atom stereocenters. The van der Waals surface area contributed by atoms with Crippen molar-refractivity contribution in [3.63, 3.8) is 0 Å². The summed E-state index contributed by atoms with van der Waals surface area (Å²) < 4.78 is 41.5. The molecule has 0 radical (unpaired) electrons. The van der Waals surface area contributed by atoms with E-state index in [0.717, 1.165) is 13.3 Å². The van der Waals surface area contributed by atoms with Gasteiger partial charge in [-0.25, -0.2) is 4.98 Å². The molecule has 0 unspecified atom stereocenters. The van der Waals surface area contributed by atoms with Crippen molar-refractivity contribution >= 4 is 11.7 Å². The van der Waals surface area contributed by atoms with E-state index in [1.807, 2.05) is 0 Å². The van der Waals surface area contributed by atoms with Crippen molar-refractivity contribution in [3.05, 3.63) is 23.5 Å². The second-order valence-corrected chi connectivity index (χ2v) is 2.98. The van der Waals surface area contributed by atoms with Crippen molar-refractivity contribution < 1.29 is 22.7 Å². The minimum absolute atomic E-state index is 0.0502. The minimum atomic E-state index is -4.63. The van der Waals surface area contributed by atoms with Gasteiger partial charge in [0.05, 0.1) is 19.2 Å². The standard InChI is InChI=1S/C9H9F3N2O2/c1-16-6(15)4-5-2-3-14-8(7(5)13)9(10,11)12/h2-3H,4,13H2,1H3. The number of ether oxygens (including phenoxy) is 1. The first-order chi connectivity index (χ1) is 7.36. The highest BCUT2D eigenvalue weighted by molar-refractivity contribution is 5.75. The van der Waals surface area contributed by atoms with Crippen molar-refractivity contribution in [2.45, 2.75) is 12.6 Å². The lowest BCUT2D eigenvalue weighted by atomic mass is 10.1. The average Bonchev–Trinajstić information content (AvgIpc) is 2.19. The van der Waals surface area contributed by atoms with Gasteiger partial charge in [0.2, 0.25) is 0 Å². The first kappa shape index (κ1) is 12.3. The predicted molar refractivity (Wildman–Crippen MR) is 49.4 cm³/mol. The van der Waals surface area contributed by atoms with Crippen LogP contribution in [0.4, 0.5) is 18.9 Å². The molecular weight excluding hydrogens is 225 g/mol. The number of methoxy groups -OCH3 is 1. The number of pyridine rings is 1. The Morgan fingerprint density at radius 2 is 2.19 bits per heavy atom. The van der Waals surface area contributed by atoms with Crippen LogP contribution in [-0.4, -0.2) is 18.1 Å². The molecule has 0 saturated carbocycles. The van der Waals surface area contributed by atoms with Gasteiger partial charge in [-0.05, 0) is 11.6 Å². The number of hydrogen-bond acceptors (Lipinski definition) is 4. The van der Waals surface area contributed by atoms with Crippen LogP contribution >= 0.6 is 0 Å². The molecule has 0 aliphatic rings. The molecule has 0 bridgehead atoms. The van der Waals surface area contributed by atoms with E-state index >= 15 is 0 Å². The van der Waals surface area contributed by atoms with E-state index in [4.69, 9.17) is 5.73 Å². The quantitative estimate of drug-likeness (QED) is 0.785. The third kappa shape index (κ3) is 2.62. The number of nitrogens with zero attached hydrogens (tertiary/aromatic N) is 1. The summed E-state index contributed by atoms with van der Waals surface area (Å²) in [5, 5.41) is 0. The molecule has 7 heteroatoms. The van der Waals surface area contributed by atoms with E-state index in [9.17, 15) is 18.0 Å². The Bertz CT molecular complexity index is 404. The molecule has 0 spiro atoms. The summed E-state index contributed by atoms with van der Waals surface area (Å²) in [4.78, 5) is 14.1. The second kappa shape index (κ2) is 4.38. The van der Waals surface area contributed by atoms with Gasteiger partial charge in [0, 0.05) is 6.20 Å². The number of hydrogen-bond donors (Lipinski definition) is 1. The highest BCUT2D eigenvalue weighted by Crippen LogP contribution is 2.33. The van der Waals surface area contributed by atoms with Crippen molar-refractivity contribution in [3.8, 4) is 0 Å². The highest BCUT2D eigenvalue weighted by atomic mass is 19.4. The lowest BCUT2D eigenvalue weighted by Crippen LogP contribution is -2.15. The number of carbonyl (C=O) groups excluding carboxylic acids is 1. The van der Waals surface area contributed by atoms with Crippen molar-refractivity contribution in [2.75, 3.05) is 12.8 Å². The summed E-state index contributed by atoms with van der Waals surface area (Å²) in [5.41, 5.74) is 3.60. The molecule has 4 nitrogen and oxygen atoms in total. The van der Waals surface area contributed by atoms with Crippen LogP contribution in [-0.2, 0) is 22.1 Å². The molecule has 0 aliphatic heterocycles. The van der Waals surface area contributed by atoms with Gasteiger partial charge in [-0.1, -0.05) is 0 Å². The van der Waals surface area contributed by atoms with Gasteiger partial charge in [0.1, 0.15) is 0 Å². The molecule has 1 aromatic rings. The monoisotopic (exact) mass is 234 g/mol. The fraction of sp³-hybridized carbons (Fsp3) is 0.333. The Kier molecular flexibility index (Phi) is 3.36. The van der Waals surface area contributed by atoms with Gasteiger partial charge in [-0.3, -0.25) is 4.79 Å². The molecule has 0 amide bonds. The van der Waals surface area contributed by atoms with Crippen molar-refractivity contribution in [2.24, 2.45) is 0 Å². The summed E-state index contributed by atoms with van der Waals surface area (Å²) in [6.45, 7) is 0. The normalized spacial score (nSPS) is 11.2. The zero-order valence-electron chi connectivity index (χ0n) is 8.34. The second-order valence-electron chi connectivity index (χ2n) is 2.98. The molecular formula is C9H9F3N2O2. The Morgan fingerprint density at radius 3 is 2.69 bits per heavy atom. The molecule has 0 fully saturated rings. The number of rotatable bonds is 2. The van der Waals surface area contributed by atoms with Gasteiger partial charge < -0.3 is 10.5 Å². The first-order valence-electron chi connectivity index (χ1n) is 4.23. The summed E-state index contributed by atoms with van der Waals surface area (Å²) in [7, 11) is 1.14. The number of nitrogen functional groups attached to an aromatic ring is 1. The predicted octanol–water partition coefficient (Wildman–Crippen LogP) is 1.40. The maximum absolute atomic E-state index is 12.4. The number of nitrogens with two attached hydrogens (primary N) is 1. The van der Waals surface area contributed by atoms with E-state index in [2.05, 4.69) is 9.72 Å². The zero-order valence-corrected chi connectivity index (χ0v) is 8.34. The van der Waals surface area contributed by atoms with E-state index in [1.165, 1.54) is 6.07 Å². The molecule has 2 N–H and O–H groups in total. The van der Waals surface area contributed by atoms with Crippen LogP contribution in [0.2, 0.25) is 0 Å². The largest absolute Gasteiger partial charge is 0.469 e. The third-order valence-electron chi connectivity index (χ3n) is 1.91. The fourth-order valence-corrected chi connectivity index (χ4v) is 1.12. The van der Waals surface area contributed by atoms with Crippen LogP contribution in [0, 0.1) is 0 Å². The molecule has 1 heterocycles. The number of halogens is 3. The van der Waals surface area contributed by atoms with Gasteiger partial charge >= 0.3 is 12.1 Å². The Morgan fingerprint density at radius 1 is 1.56 bits per heavy atom. The Labute approximate surface area is 89.2 Å². The molecule has 88 valence electrons. The topological polar surface area (TPSA) is 65.2 Å². The highest BCUT2D eigenvalue weighted by Gasteiger charge is 2.35. The number of carbonyl (C=O) groups is 1. The molecule has 1 aromatic heterocycles. The lowest BCUT2D eigenvalue weighted by Gasteiger charge is -2.11. The van der Waals surface area contributed by atoms with Crippen molar-refractivity contribution in [1.82, 2.24) is 4.98 Å². The number of alkyl halides is 3. The van der Waals surface area contributed by atoms with Crippen LogP contribution in [0.25, 0.3) is 0 Å². The number of anilines is 1. The number of aromatic nitrogens is 1. The van der Waals surface area contributed by atoms with E-state index < -0.39 is 23.5 Å². The zero-order chi connectivity index (χ0) is 12.3. The summed E-state index contributed by atoms with van der Waals surface area (Å²) in [6, 6.07) is 1.25. The fourth-order valence-electron chi connectivity index (χ4n) is 1.12. The number of esters is 1. The maximum Gasteiger partial charge on any atom is 0.435 e. The smallest absolute Gasteiger partial charge is 0.435 e. The maximum atomic E-state index is 12.4. The molecule has 16 heavy (non-hydrogen) atoms. The third-order valence-corrected chi connectivity index (χ3v) is 1.91. The summed E-state index contributed by atoms with van der Waals surface area (Å²) in [6.07, 6.45) is -3.98. The van der Waals surface area contributed by atoms with E-state index in [-0.39, 0.29) is 12.0 Å². The first-order valence-corrected chi connectivity index (χ1v) is 4.23. The van der Waals surface area contributed by atoms with Crippen LogP contribution in [0.3, 0.4) is 0 Å². The van der Waals surface area contributed by atoms with Gasteiger partial charge in [-0.15, -0.1) is 0 Å². The molecule has 0 aliphatic carbocycles. The summed E-state index contributed by atoms with van der Waals surface area (Å²) in [5.74, 6) is -0.661.